The van der Waals surface area contributed by atoms with Crippen molar-refractivity contribution < 1.29 is 4.74 Å². The van der Waals surface area contributed by atoms with Gasteiger partial charge in [-0.05, 0) is 51.6 Å². The van der Waals surface area contributed by atoms with E-state index in [0.29, 0.717) is 6.04 Å². The third-order valence-corrected chi connectivity index (χ3v) is 4.00. The molecule has 0 radical (unpaired) electrons. The van der Waals surface area contributed by atoms with Crippen LogP contribution in [0.2, 0.25) is 0 Å². The molecule has 1 unspecified atom stereocenters. The lowest BCUT2D eigenvalue weighted by atomic mass is 9.93. The Balaban J connectivity index is 2.53. The highest BCUT2D eigenvalue weighted by Gasteiger charge is 2.28. The molecule has 0 bridgehead atoms. The molecular weight excluding hydrogens is 230 g/mol. The summed E-state index contributed by atoms with van der Waals surface area (Å²) in [6.45, 7) is 10.3. The molecule has 0 aliphatic carbocycles. The Morgan fingerprint density at radius 1 is 1.41 bits per heavy atom. The molecular formula is C14H25NOS. The lowest BCUT2D eigenvalue weighted by Gasteiger charge is -2.34. The van der Waals surface area contributed by atoms with Crippen molar-refractivity contribution >= 4 is 11.3 Å². The molecule has 0 fully saturated rings. The van der Waals surface area contributed by atoms with E-state index in [-0.39, 0.29) is 5.60 Å². The van der Waals surface area contributed by atoms with Crippen LogP contribution in [0.1, 0.15) is 39.0 Å². The van der Waals surface area contributed by atoms with Crippen molar-refractivity contribution in [3.05, 3.63) is 22.4 Å². The van der Waals surface area contributed by atoms with Crippen LogP contribution in [-0.2, 0) is 11.2 Å². The van der Waals surface area contributed by atoms with Gasteiger partial charge in [0.1, 0.15) is 0 Å². The van der Waals surface area contributed by atoms with Crippen LogP contribution in [0.15, 0.2) is 17.5 Å². The van der Waals surface area contributed by atoms with Gasteiger partial charge in [0.25, 0.3) is 0 Å². The summed E-state index contributed by atoms with van der Waals surface area (Å²) < 4.78 is 5.85. The van der Waals surface area contributed by atoms with Gasteiger partial charge in [-0.1, -0.05) is 13.0 Å². The molecule has 1 N–H and O–H groups in total. The number of hydrogen-bond donors (Lipinski definition) is 1. The van der Waals surface area contributed by atoms with Gasteiger partial charge in [0.05, 0.1) is 5.60 Å². The zero-order chi connectivity index (χ0) is 12.7. The number of ether oxygens (including phenoxy) is 1. The number of rotatable bonds is 8. The molecule has 0 aliphatic heterocycles. The molecule has 0 aromatic carbocycles. The molecule has 1 heterocycles. The Bertz CT molecular complexity index is 295. The summed E-state index contributed by atoms with van der Waals surface area (Å²) in [5.74, 6) is 0. The second kappa shape index (κ2) is 7.14. The molecule has 1 rings (SSSR count). The second-order valence-electron chi connectivity index (χ2n) is 4.76. The summed E-state index contributed by atoms with van der Waals surface area (Å²) in [6, 6.07) is 4.74. The van der Waals surface area contributed by atoms with Crippen LogP contribution in [0, 0.1) is 0 Å². The van der Waals surface area contributed by atoms with E-state index < -0.39 is 0 Å². The molecule has 1 aromatic heterocycles. The molecule has 1 aromatic rings. The predicted octanol–water partition coefficient (Wildman–Crippen LogP) is 3.47. The van der Waals surface area contributed by atoms with Crippen molar-refractivity contribution in [3.63, 3.8) is 0 Å². The summed E-state index contributed by atoms with van der Waals surface area (Å²) in [7, 11) is 0. The minimum absolute atomic E-state index is 0.0952. The fourth-order valence-corrected chi connectivity index (χ4v) is 2.88. The monoisotopic (exact) mass is 255 g/mol. The van der Waals surface area contributed by atoms with Crippen LogP contribution in [0.25, 0.3) is 0 Å². The largest absolute Gasteiger partial charge is 0.374 e. The quantitative estimate of drug-likeness (QED) is 0.768. The van der Waals surface area contributed by atoms with Gasteiger partial charge in [0.2, 0.25) is 0 Å². The van der Waals surface area contributed by atoms with E-state index in [0.717, 1.165) is 26.0 Å². The SMILES string of the molecule is CCNC(CCc1cccs1)C(C)(C)OCC. The van der Waals surface area contributed by atoms with Gasteiger partial charge in [0, 0.05) is 17.5 Å². The smallest absolute Gasteiger partial charge is 0.0778 e. The van der Waals surface area contributed by atoms with Gasteiger partial charge >= 0.3 is 0 Å². The van der Waals surface area contributed by atoms with Crippen LogP contribution in [0.3, 0.4) is 0 Å². The van der Waals surface area contributed by atoms with Crippen molar-refractivity contribution in [2.75, 3.05) is 13.2 Å². The summed E-state index contributed by atoms with van der Waals surface area (Å²) >= 11 is 1.84. The van der Waals surface area contributed by atoms with Gasteiger partial charge in [-0.15, -0.1) is 11.3 Å². The van der Waals surface area contributed by atoms with E-state index in [1.54, 1.807) is 0 Å². The molecule has 0 saturated heterocycles. The van der Waals surface area contributed by atoms with Gasteiger partial charge in [-0.2, -0.15) is 0 Å². The fourth-order valence-electron chi connectivity index (χ4n) is 2.16. The van der Waals surface area contributed by atoms with Crippen LogP contribution in [0.5, 0.6) is 0 Å². The molecule has 0 saturated carbocycles. The highest BCUT2D eigenvalue weighted by atomic mass is 32.1. The zero-order valence-corrected chi connectivity index (χ0v) is 12.3. The molecule has 17 heavy (non-hydrogen) atoms. The first-order valence-electron chi connectivity index (χ1n) is 6.49. The second-order valence-corrected chi connectivity index (χ2v) is 5.80. The lowest BCUT2D eigenvalue weighted by Crippen LogP contribution is -2.48. The average molecular weight is 255 g/mol. The van der Waals surface area contributed by atoms with E-state index in [9.17, 15) is 0 Å². The fraction of sp³-hybridized carbons (Fsp3) is 0.714. The Labute approximate surface area is 109 Å². The Morgan fingerprint density at radius 2 is 2.18 bits per heavy atom. The van der Waals surface area contributed by atoms with Crippen molar-refractivity contribution in [1.82, 2.24) is 5.32 Å². The normalized spacial score (nSPS) is 13.9. The Morgan fingerprint density at radius 3 is 2.71 bits per heavy atom. The number of aryl methyl sites for hydroxylation is 1. The molecule has 1 atom stereocenters. The van der Waals surface area contributed by atoms with Crippen LogP contribution in [-0.4, -0.2) is 24.8 Å². The van der Waals surface area contributed by atoms with E-state index in [2.05, 4.69) is 50.5 Å². The first-order valence-corrected chi connectivity index (χ1v) is 7.37. The predicted molar refractivity (Wildman–Crippen MR) is 75.8 cm³/mol. The van der Waals surface area contributed by atoms with Gasteiger partial charge in [-0.25, -0.2) is 0 Å². The average Bonchev–Trinajstić information content (AvgIpc) is 2.76. The third-order valence-electron chi connectivity index (χ3n) is 3.07. The van der Waals surface area contributed by atoms with Crippen LogP contribution >= 0.6 is 11.3 Å². The lowest BCUT2D eigenvalue weighted by molar-refractivity contribution is -0.0396. The van der Waals surface area contributed by atoms with Crippen LogP contribution < -0.4 is 5.32 Å². The van der Waals surface area contributed by atoms with Crippen molar-refractivity contribution in [2.24, 2.45) is 0 Å². The highest BCUT2D eigenvalue weighted by molar-refractivity contribution is 7.09. The summed E-state index contributed by atoms with van der Waals surface area (Å²) in [4.78, 5) is 1.46. The van der Waals surface area contributed by atoms with Crippen molar-refractivity contribution in [2.45, 2.75) is 52.2 Å². The van der Waals surface area contributed by atoms with Crippen LogP contribution in [0.4, 0.5) is 0 Å². The zero-order valence-electron chi connectivity index (χ0n) is 11.5. The third kappa shape index (κ3) is 4.78. The summed E-state index contributed by atoms with van der Waals surface area (Å²) in [5.41, 5.74) is -0.0952. The van der Waals surface area contributed by atoms with E-state index >= 15 is 0 Å². The number of nitrogens with one attached hydrogen (secondary N) is 1. The summed E-state index contributed by atoms with van der Waals surface area (Å²) in [6.07, 6.45) is 2.26. The maximum absolute atomic E-state index is 5.85. The van der Waals surface area contributed by atoms with Crippen molar-refractivity contribution in [3.8, 4) is 0 Å². The molecule has 3 heteroatoms. The molecule has 0 spiro atoms. The Kier molecular flexibility index (Phi) is 6.17. The maximum atomic E-state index is 5.85. The molecule has 98 valence electrons. The van der Waals surface area contributed by atoms with Gasteiger partial charge in [0.15, 0.2) is 0 Å². The number of likely N-dealkylation sites (N-methyl/N-ethyl adjacent to an activating group) is 1. The standard InChI is InChI=1S/C14H25NOS/c1-5-15-13(14(3,4)16-6-2)10-9-12-8-7-11-17-12/h7-8,11,13,15H,5-6,9-10H2,1-4H3. The number of thiophene rings is 1. The first kappa shape index (κ1) is 14.7. The molecule has 0 amide bonds. The minimum atomic E-state index is -0.0952. The maximum Gasteiger partial charge on any atom is 0.0778 e. The first-order chi connectivity index (χ1) is 8.10. The Hall–Kier alpha value is -0.380. The number of hydrogen-bond acceptors (Lipinski definition) is 3. The van der Waals surface area contributed by atoms with E-state index in [1.165, 1.54) is 4.88 Å². The van der Waals surface area contributed by atoms with E-state index in [1.807, 2.05) is 11.3 Å². The summed E-state index contributed by atoms with van der Waals surface area (Å²) in [5, 5.41) is 5.69. The van der Waals surface area contributed by atoms with E-state index in [4.69, 9.17) is 4.74 Å². The topological polar surface area (TPSA) is 21.3 Å². The van der Waals surface area contributed by atoms with Gasteiger partial charge in [-0.3, -0.25) is 0 Å². The minimum Gasteiger partial charge on any atom is -0.374 e. The van der Waals surface area contributed by atoms with Crippen molar-refractivity contribution in [1.29, 1.82) is 0 Å². The van der Waals surface area contributed by atoms with Gasteiger partial charge < -0.3 is 10.1 Å². The molecule has 0 aliphatic rings. The molecule has 2 nitrogen and oxygen atoms in total. The highest BCUT2D eigenvalue weighted by Crippen LogP contribution is 2.21.